The van der Waals surface area contributed by atoms with Gasteiger partial charge in [0.25, 0.3) is 0 Å². The number of anilines is 1. The molecule has 1 aliphatic heterocycles. The Bertz CT molecular complexity index is 552. The lowest BCUT2D eigenvalue weighted by atomic mass is 10.0. The Kier molecular flexibility index (Phi) is 5.45. The first kappa shape index (κ1) is 16.1. The molecule has 2 rings (SSSR count). The highest BCUT2D eigenvalue weighted by Gasteiger charge is 2.18. The minimum absolute atomic E-state index is 0.224. The highest BCUT2D eigenvalue weighted by Crippen LogP contribution is 2.30. The van der Waals surface area contributed by atoms with Crippen molar-refractivity contribution in [1.82, 2.24) is 0 Å². The fourth-order valence-corrected chi connectivity index (χ4v) is 3.07. The normalized spacial score (nSPS) is 17.6. The summed E-state index contributed by atoms with van der Waals surface area (Å²) in [6, 6.07) is 6.24. The quantitative estimate of drug-likeness (QED) is 0.762. The van der Waals surface area contributed by atoms with Gasteiger partial charge in [-0.1, -0.05) is 29.8 Å². The van der Waals surface area contributed by atoms with Crippen LogP contribution >= 0.6 is 15.9 Å². The minimum Gasteiger partial charge on any atom is -0.466 e. The average Bonchev–Trinajstić information content (AvgIpc) is 2.42. The number of carbonyl (C=O) groups excluding carboxylic acids is 1. The Labute approximate surface area is 135 Å². The molecule has 0 saturated carbocycles. The first-order valence-electron chi connectivity index (χ1n) is 7.34. The van der Waals surface area contributed by atoms with Crippen LogP contribution in [0.1, 0.15) is 32.3 Å². The molecule has 0 aliphatic carbocycles. The van der Waals surface area contributed by atoms with Crippen LogP contribution in [0, 0.1) is 5.92 Å². The summed E-state index contributed by atoms with van der Waals surface area (Å²) in [5.41, 5.74) is 3.01. The standard InChI is InChI=1S/C17H22BrNO2/c1-12(2)11-19-8-4-5-13(17(20)21-3)9-14-10-15(18)6-7-16(14)19/h6-7,9-10,12H,4-5,8,11H2,1-3H3/b13-9+. The predicted octanol–water partition coefficient (Wildman–Crippen LogP) is 4.26. The second-order valence-corrected chi connectivity index (χ2v) is 6.72. The van der Waals surface area contributed by atoms with Crippen LogP contribution in [0.5, 0.6) is 0 Å². The van der Waals surface area contributed by atoms with Gasteiger partial charge in [0.05, 0.1) is 7.11 Å². The van der Waals surface area contributed by atoms with E-state index in [0.29, 0.717) is 5.92 Å². The number of hydrogen-bond acceptors (Lipinski definition) is 3. The molecule has 0 bridgehead atoms. The topological polar surface area (TPSA) is 29.5 Å². The van der Waals surface area contributed by atoms with Crippen LogP contribution in [-0.4, -0.2) is 26.2 Å². The molecule has 0 atom stereocenters. The van der Waals surface area contributed by atoms with Crippen molar-refractivity contribution in [3.63, 3.8) is 0 Å². The Hall–Kier alpha value is -1.29. The average molecular weight is 352 g/mol. The zero-order chi connectivity index (χ0) is 15.4. The number of hydrogen-bond donors (Lipinski definition) is 0. The number of methoxy groups -OCH3 is 1. The molecule has 4 heteroatoms. The number of benzene rings is 1. The molecule has 1 heterocycles. The fourth-order valence-electron chi connectivity index (χ4n) is 2.69. The third-order valence-electron chi connectivity index (χ3n) is 3.57. The van der Waals surface area contributed by atoms with E-state index in [1.54, 1.807) is 0 Å². The van der Waals surface area contributed by atoms with E-state index in [4.69, 9.17) is 4.74 Å². The maximum Gasteiger partial charge on any atom is 0.333 e. The monoisotopic (exact) mass is 351 g/mol. The molecule has 0 radical (unpaired) electrons. The van der Waals surface area contributed by atoms with Gasteiger partial charge in [-0.2, -0.15) is 0 Å². The van der Waals surface area contributed by atoms with Crippen molar-refractivity contribution in [2.24, 2.45) is 5.92 Å². The van der Waals surface area contributed by atoms with E-state index in [-0.39, 0.29) is 5.97 Å². The molecule has 3 nitrogen and oxygen atoms in total. The molecule has 1 aromatic rings. The van der Waals surface area contributed by atoms with Gasteiger partial charge in [0.15, 0.2) is 0 Å². The number of esters is 1. The highest BCUT2D eigenvalue weighted by molar-refractivity contribution is 9.10. The van der Waals surface area contributed by atoms with Gasteiger partial charge in [-0.15, -0.1) is 0 Å². The van der Waals surface area contributed by atoms with Gasteiger partial charge in [0, 0.05) is 28.8 Å². The molecule has 0 saturated heterocycles. The number of fused-ring (bicyclic) bond motifs is 1. The number of halogens is 1. The van der Waals surface area contributed by atoms with E-state index in [2.05, 4.69) is 52.9 Å². The van der Waals surface area contributed by atoms with Gasteiger partial charge < -0.3 is 9.64 Å². The Morgan fingerprint density at radius 3 is 2.86 bits per heavy atom. The molecule has 0 spiro atoms. The predicted molar refractivity (Wildman–Crippen MR) is 90.4 cm³/mol. The third-order valence-corrected chi connectivity index (χ3v) is 4.06. The first-order chi connectivity index (χ1) is 10.0. The van der Waals surface area contributed by atoms with Crippen LogP contribution in [0.2, 0.25) is 0 Å². The van der Waals surface area contributed by atoms with Crippen molar-refractivity contribution >= 4 is 33.7 Å². The van der Waals surface area contributed by atoms with Gasteiger partial charge in [-0.05, 0) is 48.6 Å². The molecule has 0 fully saturated rings. The second-order valence-electron chi connectivity index (χ2n) is 5.81. The summed E-state index contributed by atoms with van der Waals surface area (Å²) in [7, 11) is 1.44. The Morgan fingerprint density at radius 2 is 2.19 bits per heavy atom. The van der Waals surface area contributed by atoms with Gasteiger partial charge >= 0.3 is 5.97 Å². The lowest BCUT2D eigenvalue weighted by Crippen LogP contribution is -2.30. The van der Waals surface area contributed by atoms with Crippen molar-refractivity contribution < 1.29 is 9.53 Å². The lowest BCUT2D eigenvalue weighted by molar-refractivity contribution is -0.136. The Balaban J connectivity index is 2.45. The van der Waals surface area contributed by atoms with E-state index in [0.717, 1.165) is 41.5 Å². The molecular weight excluding hydrogens is 330 g/mol. The molecule has 0 N–H and O–H groups in total. The van der Waals surface area contributed by atoms with Crippen molar-refractivity contribution in [3.8, 4) is 0 Å². The molecular formula is C17H22BrNO2. The summed E-state index contributed by atoms with van der Waals surface area (Å²) in [6.45, 7) is 6.44. The van der Waals surface area contributed by atoms with Crippen LogP contribution in [0.15, 0.2) is 28.2 Å². The van der Waals surface area contributed by atoms with Gasteiger partial charge in [-0.25, -0.2) is 4.79 Å². The molecule has 0 amide bonds. The summed E-state index contributed by atoms with van der Waals surface area (Å²) in [4.78, 5) is 14.3. The van der Waals surface area contributed by atoms with Crippen LogP contribution in [0.3, 0.4) is 0 Å². The van der Waals surface area contributed by atoms with Crippen LogP contribution in [0.4, 0.5) is 5.69 Å². The van der Waals surface area contributed by atoms with E-state index in [9.17, 15) is 4.79 Å². The van der Waals surface area contributed by atoms with Crippen LogP contribution in [0.25, 0.3) is 6.08 Å². The minimum atomic E-state index is -0.224. The number of carbonyl (C=O) groups is 1. The van der Waals surface area contributed by atoms with Gasteiger partial charge in [-0.3, -0.25) is 0 Å². The molecule has 0 aromatic heterocycles. The SMILES string of the molecule is COC(=O)/C1=C/c2cc(Br)ccc2N(CC(C)C)CCC1. The van der Waals surface area contributed by atoms with Crippen molar-refractivity contribution in [2.75, 3.05) is 25.1 Å². The fraction of sp³-hybridized carbons (Fsp3) is 0.471. The summed E-state index contributed by atoms with van der Waals surface area (Å²) in [5.74, 6) is 0.378. The summed E-state index contributed by atoms with van der Waals surface area (Å²) >= 11 is 3.52. The number of nitrogens with zero attached hydrogens (tertiary/aromatic N) is 1. The van der Waals surface area contributed by atoms with Crippen LogP contribution < -0.4 is 4.90 Å². The Morgan fingerprint density at radius 1 is 1.43 bits per heavy atom. The van der Waals surface area contributed by atoms with E-state index < -0.39 is 0 Å². The number of ether oxygens (including phenoxy) is 1. The summed E-state index contributed by atoms with van der Waals surface area (Å²) in [6.07, 6.45) is 3.69. The van der Waals surface area contributed by atoms with E-state index >= 15 is 0 Å². The zero-order valence-electron chi connectivity index (χ0n) is 12.9. The molecule has 1 aliphatic rings. The third kappa shape index (κ3) is 4.10. The summed E-state index contributed by atoms with van der Waals surface area (Å²) in [5, 5.41) is 0. The van der Waals surface area contributed by atoms with Crippen molar-refractivity contribution in [3.05, 3.63) is 33.8 Å². The van der Waals surface area contributed by atoms with Gasteiger partial charge in [0.1, 0.15) is 0 Å². The molecule has 1 aromatic carbocycles. The summed E-state index contributed by atoms with van der Waals surface area (Å²) < 4.78 is 5.91. The maximum atomic E-state index is 11.9. The smallest absolute Gasteiger partial charge is 0.333 e. The molecule has 114 valence electrons. The van der Waals surface area contributed by atoms with E-state index in [1.807, 2.05) is 6.08 Å². The maximum absolute atomic E-state index is 11.9. The largest absolute Gasteiger partial charge is 0.466 e. The second kappa shape index (κ2) is 7.12. The van der Waals surface area contributed by atoms with Crippen molar-refractivity contribution in [2.45, 2.75) is 26.7 Å². The van der Waals surface area contributed by atoms with Crippen molar-refractivity contribution in [1.29, 1.82) is 0 Å². The molecule has 0 unspecified atom stereocenters. The van der Waals surface area contributed by atoms with E-state index in [1.165, 1.54) is 12.8 Å². The highest BCUT2D eigenvalue weighted by atomic mass is 79.9. The first-order valence-corrected chi connectivity index (χ1v) is 8.14. The van der Waals surface area contributed by atoms with Crippen LogP contribution in [-0.2, 0) is 9.53 Å². The lowest BCUT2D eigenvalue weighted by Gasteiger charge is -2.30. The zero-order valence-corrected chi connectivity index (χ0v) is 14.4. The molecule has 21 heavy (non-hydrogen) atoms. The van der Waals surface area contributed by atoms with Gasteiger partial charge in [0.2, 0.25) is 0 Å². The number of rotatable bonds is 3.